The zero-order valence-electron chi connectivity index (χ0n) is 15.0. The van der Waals surface area contributed by atoms with E-state index in [-0.39, 0.29) is 29.5 Å². The van der Waals surface area contributed by atoms with E-state index in [1.807, 2.05) is 30.3 Å². The molecule has 0 spiro atoms. The van der Waals surface area contributed by atoms with E-state index in [1.54, 1.807) is 36.4 Å². The SMILES string of the molecule is O=C(Nc1ccc(NC(=O)C2CNNC2c2ccccc2)cc1)c1ccco1. The molecular weight excluding hydrogens is 356 g/mol. The average molecular weight is 376 g/mol. The summed E-state index contributed by atoms with van der Waals surface area (Å²) >= 11 is 0. The number of nitrogens with one attached hydrogen (secondary N) is 4. The van der Waals surface area contributed by atoms with Crippen LogP contribution in [0.5, 0.6) is 0 Å². The zero-order valence-corrected chi connectivity index (χ0v) is 15.0. The summed E-state index contributed by atoms with van der Waals surface area (Å²) in [4.78, 5) is 24.7. The van der Waals surface area contributed by atoms with Gasteiger partial charge in [-0.2, -0.15) is 0 Å². The maximum absolute atomic E-state index is 12.7. The third kappa shape index (κ3) is 3.95. The molecule has 2 atom stereocenters. The van der Waals surface area contributed by atoms with Crippen LogP contribution in [0.25, 0.3) is 0 Å². The largest absolute Gasteiger partial charge is 0.459 e. The molecule has 7 nitrogen and oxygen atoms in total. The van der Waals surface area contributed by atoms with Crippen LogP contribution in [0.4, 0.5) is 11.4 Å². The number of rotatable bonds is 5. The van der Waals surface area contributed by atoms with Gasteiger partial charge in [-0.05, 0) is 42.0 Å². The van der Waals surface area contributed by atoms with Gasteiger partial charge < -0.3 is 15.1 Å². The van der Waals surface area contributed by atoms with Crippen LogP contribution in [0.3, 0.4) is 0 Å². The van der Waals surface area contributed by atoms with E-state index >= 15 is 0 Å². The van der Waals surface area contributed by atoms with Gasteiger partial charge in [0.2, 0.25) is 5.91 Å². The molecule has 28 heavy (non-hydrogen) atoms. The zero-order chi connectivity index (χ0) is 19.3. The van der Waals surface area contributed by atoms with Crippen LogP contribution >= 0.6 is 0 Å². The molecule has 0 aliphatic carbocycles. The summed E-state index contributed by atoms with van der Waals surface area (Å²) in [6.45, 7) is 0.544. The molecule has 2 amide bonds. The maximum atomic E-state index is 12.7. The lowest BCUT2D eigenvalue weighted by Crippen LogP contribution is -2.29. The number of hydrazine groups is 1. The summed E-state index contributed by atoms with van der Waals surface area (Å²) < 4.78 is 5.07. The van der Waals surface area contributed by atoms with Crippen LogP contribution < -0.4 is 21.5 Å². The van der Waals surface area contributed by atoms with Crippen molar-refractivity contribution >= 4 is 23.2 Å². The fraction of sp³-hybridized carbons (Fsp3) is 0.143. The molecule has 2 aromatic carbocycles. The Morgan fingerprint density at radius 3 is 2.29 bits per heavy atom. The lowest BCUT2D eigenvalue weighted by atomic mass is 9.94. The highest BCUT2D eigenvalue weighted by molar-refractivity contribution is 6.02. The van der Waals surface area contributed by atoms with Crippen molar-refractivity contribution in [2.45, 2.75) is 6.04 Å². The van der Waals surface area contributed by atoms with Crippen LogP contribution in [-0.2, 0) is 4.79 Å². The maximum Gasteiger partial charge on any atom is 0.291 e. The van der Waals surface area contributed by atoms with Gasteiger partial charge in [0.05, 0.1) is 18.2 Å². The smallest absolute Gasteiger partial charge is 0.291 e. The number of hydrogen-bond donors (Lipinski definition) is 4. The van der Waals surface area contributed by atoms with Gasteiger partial charge in [-0.25, -0.2) is 5.43 Å². The number of furan rings is 1. The van der Waals surface area contributed by atoms with Crippen LogP contribution in [0.1, 0.15) is 22.2 Å². The Bertz CT molecular complexity index is 940. The molecule has 0 radical (unpaired) electrons. The topological polar surface area (TPSA) is 95.4 Å². The first-order chi connectivity index (χ1) is 13.7. The summed E-state index contributed by atoms with van der Waals surface area (Å²) in [5.41, 5.74) is 8.57. The van der Waals surface area contributed by atoms with Gasteiger partial charge in [0, 0.05) is 17.9 Å². The van der Waals surface area contributed by atoms with Crippen molar-refractivity contribution in [2.75, 3.05) is 17.2 Å². The Hall–Kier alpha value is -3.42. The van der Waals surface area contributed by atoms with Gasteiger partial charge in [-0.1, -0.05) is 30.3 Å². The van der Waals surface area contributed by atoms with Crippen molar-refractivity contribution in [3.8, 4) is 0 Å². The number of benzene rings is 2. The first-order valence-electron chi connectivity index (χ1n) is 9.00. The van der Waals surface area contributed by atoms with Crippen LogP contribution in [0, 0.1) is 5.92 Å². The van der Waals surface area contributed by atoms with Gasteiger partial charge in [-0.15, -0.1) is 0 Å². The second-order valence-corrected chi connectivity index (χ2v) is 6.52. The lowest BCUT2D eigenvalue weighted by Gasteiger charge is -2.18. The number of carbonyl (C=O) groups is 2. The number of hydrogen-bond acceptors (Lipinski definition) is 5. The van der Waals surface area contributed by atoms with E-state index in [0.29, 0.717) is 17.9 Å². The highest BCUT2D eigenvalue weighted by Crippen LogP contribution is 2.26. The first kappa shape index (κ1) is 18.0. The third-order valence-electron chi connectivity index (χ3n) is 4.63. The summed E-state index contributed by atoms with van der Waals surface area (Å²) in [7, 11) is 0. The molecule has 1 saturated heterocycles. The van der Waals surface area contributed by atoms with Crippen molar-refractivity contribution in [1.82, 2.24) is 10.9 Å². The molecule has 0 saturated carbocycles. The van der Waals surface area contributed by atoms with E-state index in [4.69, 9.17) is 4.42 Å². The summed E-state index contributed by atoms with van der Waals surface area (Å²) in [6.07, 6.45) is 1.45. The van der Waals surface area contributed by atoms with Gasteiger partial charge in [0.25, 0.3) is 5.91 Å². The molecular formula is C21H20N4O3. The van der Waals surface area contributed by atoms with Crippen molar-refractivity contribution in [3.05, 3.63) is 84.3 Å². The quantitative estimate of drug-likeness (QED) is 0.549. The monoisotopic (exact) mass is 376 g/mol. The third-order valence-corrected chi connectivity index (χ3v) is 4.63. The predicted octanol–water partition coefficient (Wildman–Crippen LogP) is 2.94. The summed E-state index contributed by atoms with van der Waals surface area (Å²) in [6, 6.07) is 20.0. The molecule has 7 heteroatoms. The second kappa shape index (κ2) is 8.08. The van der Waals surface area contributed by atoms with Crippen molar-refractivity contribution < 1.29 is 14.0 Å². The molecule has 142 valence electrons. The molecule has 2 unspecified atom stereocenters. The highest BCUT2D eigenvalue weighted by Gasteiger charge is 2.33. The van der Waals surface area contributed by atoms with Crippen molar-refractivity contribution in [2.24, 2.45) is 5.92 Å². The van der Waals surface area contributed by atoms with Crippen LogP contribution in [0.15, 0.2) is 77.4 Å². The number of carbonyl (C=O) groups excluding carboxylic acids is 2. The van der Waals surface area contributed by atoms with Crippen molar-refractivity contribution in [1.29, 1.82) is 0 Å². The van der Waals surface area contributed by atoms with Crippen LogP contribution in [-0.4, -0.2) is 18.4 Å². The molecule has 2 heterocycles. The normalized spacial score (nSPS) is 18.6. The van der Waals surface area contributed by atoms with E-state index in [2.05, 4.69) is 21.5 Å². The Morgan fingerprint density at radius 2 is 1.61 bits per heavy atom. The fourth-order valence-corrected chi connectivity index (χ4v) is 3.19. The Morgan fingerprint density at radius 1 is 0.893 bits per heavy atom. The second-order valence-electron chi connectivity index (χ2n) is 6.52. The van der Waals surface area contributed by atoms with E-state index in [1.165, 1.54) is 6.26 Å². The molecule has 4 N–H and O–H groups in total. The molecule has 4 rings (SSSR count). The lowest BCUT2D eigenvalue weighted by molar-refractivity contribution is -0.119. The number of anilines is 2. The van der Waals surface area contributed by atoms with Gasteiger partial charge in [-0.3, -0.25) is 15.0 Å². The summed E-state index contributed by atoms with van der Waals surface area (Å²) in [5.74, 6) is -0.388. The Labute approximate surface area is 162 Å². The fourth-order valence-electron chi connectivity index (χ4n) is 3.19. The van der Waals surface area contributed by atoms with E-state index in [0.717, 1.165) is 5.56 Å². The first-order valence-corrected chi connectivity index (χ1v) is 9.00. The molecule has 3 aromatic rings. The minimum Gasteiger partial charge on any atom is -0.459 e. The van der Waals surface area contributed by atoms with E-state index < -0.39 is 0 Å². The number of amides is 2. The summed E-state index contributed by atoms with van der Waals surface area (Å²) in [5, 5.41) is 5.68. The average Bonchev–Trinajstić information content (AvgIpc) is 3.42. The Kier molecular flexibility index (Phi) is 5.18. The standard InChI is InChI=1S/C21H20N4O3/c26-20(17-13-22-25-19(17)14-5-2-1-3-6-14)23-15-8-10-16(11-9-15)24-21(27)18-7-4-12-28-18/h1-12,17,19,22,25H,13H2,(H,23,26)(H,24,27). The van der Waals surface area contributed by atoms with E-state index in [9.17, 15) is 9.59 Å². The van der Waals surface area contributed by atoms with Gasteiger partial charge in [0.15, 0.2) is 5.76 Å². The molecule has 1 aromatic heterocycles. The Balaban J connectivity index is 1.38. The van der Waals surface area contributed by atoms with Crippen molar-refractivity contribution in [3.63, 3.8) is 0 Å². The minimum absolute atomic E-state index is 0.0706. The molecule has 1 aliphatic heterocycles. The molecule has 1 fully saturated rings. The van der Waals surface area contributed by atoms with Gasteiger partial charge >= 0.3 is 0 Å². The van der Waals surface area contributed by atoms with Crippen LogP contribution in [0.2, 0.25) is 0 Å². The minimum atomic E-state index is -0.324. The molecule has 1 aliphatic rings. The molecule has 0 bridgehead atoms. The van der Waals surface area contributed by atoms with Gasteiger partial charge in [0.1, 0.15) is 0 Å². The predicted molar refractivity (Wildman–Crippen MR) is 106 cm³/mol. The highest BCUT2D eigenvalue weighted by atomic mass is 16.3.